The summed E-state index contributed by atoms with van der Waals surface area (Å²) in [5, 5.41) is 0.729. The molecule has 2 aromatic carbocycles. The first-order chi connectivity index (χ1) is 16.0. The van der Waals surface area contributed by atoms with E-state index in [-0.39, 0.29) is 17.2 Å². The monoisotopic (exact) mass is 438 g/mol. The molecule has 0 atom stereocenters. The van der Waals surface area contributed by atoms with Gasteiger partial charge in [-0.1, -0.05) is 18.2 Å². The molecule has 3 heterocycles. The Hall–Kier alpha value is -4.46. The van der Waals surface area contributed by atoms with Crippen molar-refractivity contribution in [2.24, 2.45) is 0 Å². The van der Waals surface area contributed by atoms with Gasteiger partial charge in [-0.25, -0.2) is 4.98 Å². The number of nitrogen functional groups attached to an aromatic ring is 1. The number of hydrogen-bond donors (Lipinski definition) is 3. The van der Waals surface area contributed by atoms with E-state index in [1.165, 1.54) is 0 Å². The molecule has 3 aromatic heterocycles. The van der Waals surface area contributed by atoms with Crippen LogP contribution >= 0.6 is 0 Å². The zero-order valence-electron chi connectivity index (χ0n) is 18.0. The Balaban J connectivity index is 1.45. The van der Waals surface area contributed by atoms with Crippen molar-refractivity contribution in [2.75, 3.05) is 19.3 Å². The summed E-state index contributed by atoms with van der Waals surface area (Å²) in [7, 11) is 1.77. The highest BCUT2D eigenvalue weighted by Crippen LogP contribution is 2.31. The third-order valence-corrected chi connectivity index (χ3v) is 5.70. The average molecular weight is 438 g/mol. The maximum Gasteiger partial charge on any atom is 0.276 e. The Morgan fingerprint density at radius 1 is 1.03 bits per heavy atom. The number of para-hydroxylation sites is 2. The number of likely N-dealkylation sites (N-methyl/N-ethyl adjacent to an activating group) is 1. The van der Waals surface area contributed by atoms with Crippen molar-refractivity contribution < 1.29 is 4.79 Å². The van der Waals surface area contributed by atoms with Crippen molar-refractivity contribution >= 4 is 33.5 Å². The molecule has 0 aliphatic heterocycles. The number of rotatable bonds is 5. The van der Waals surface area contributed by atoms with Crippen molar-refractivity contribution in [3.8, 4) is 11.4 Å². The Morgan fingerprint density at radius 3 is 2.67 bits per heavy atom. The van der Waals surface area contributed by atoms with Crippen LogP contribution in [-0.2, 0) is 6.42 Å². The molecule has 8 heteroatoms. The second-order valence-electron chi connectivity index (χ2n) is 7.90. The molecule has 5 aromatic rings. The molecule has 4 N–H and O–H groups in total. The molecular formula is C25H22N6O2. The number of aromatic nitrogens is 4. The van der Waals surface area contributed by atoms with Gasteiger partial charge >= 0.3 is 0 Å². The predicted octanol–water partition coefficient (Wildman–Crippen LogP) is 3.36. The lowest BCUT2D eigenvalue weighted by molar-refractivity contribution is 0.0796. The van der Waals surface area contributed by atoms with Crippen molar-refractivity contribution in [3.05, 3.63) is 88.5 Å². The van der Waals surface area contributed by atoms with E-state index in [0.29, 0.717) is 46.5 Å². The number of anilines is 1. The Morgan fingerprint density at radius 2 is 1.85 bits per heavy atom. The first kappa shape index (κ1) is 20.4. The van der Waals surface area contributed by atoms with Gasteiger partial charge in [0.05, 0.1) is 22.4 Å². The minimum absolute atomic E-state index is 0.107. The Bertz CT molecular complexity index is 1540. The molecule has 0 aliphatic rings. The normalized spacial score (nSPS) is 11.2. The molecule has 164 valence electrons. The molecule has 0 spiro atoms. The summed E-state index contributed by atoms with van der Waals surface area (Å²) in [6.45, 7) is 0.544. The number of nitrogens with two attached hydrogens (primary N) is 1. The SMILES string of the molecule is CN(CCc1ccccn1)C(=O)c1ccc2c(N)c(-c3nc4ccccc4[nH]c3=O)[nH]c2c1. The first-order valence-corrected chi connectivity index (χ1v) is 10.6. The fourth-order valence-electron chi connectivity index (χ4n) is 3.89. The lowest BCUT2D eigenvalue weighted by Gasteiger charge is -2.17. The number of pyridine rings is 1. The summed E-state index contributed by atoms with van der Waals surface area (Å²) >= 11 is 0. The standard InChI is InChI=1S/C25H22N6O2/c1-31(13-11-16-6-4-5-12-27-16)25(33)15-9-10-17-20(14-15)29-22(21(17)26)23-24(32)30-19-8-3-2-7-18(19)28-23/h2-10,12,14,29H,11,13,26H2,1H3,(H,30,32). The van der Waals surface area contributed by atoms with Crippen LogP contribution in [0.4, 0.5) is 5.69 Å². The summed E-state index contributed by atoms with van der Waals surface area (Å²) in [6.07, 6.45) is 2.41. The largest absolute Gasteiger partial charge is 0.396 e. The van der Waals surface area contributed by atoms with Gasteiger partial charge in [-0.05, 0) is 42.5 Å². The van der Waals surface area contributed by atoms with E-state index in [4.69, 9.17) is 5.73 Å². The molecule has 8 nitrogen and oxygen atoms in total. The van der Waals surface area contributed by atoms with Crippen LogP contribution in [0.15, 0.2) is 71.7 Å². The van der Waals surface area contributed by atoms with Gasteiger partial charge in [-0.2, -0.15) is 0 Å². The molecule has 1 amide bonds. The molecule has 0 fully saturated rings. The van der Waals surface area contributed by atoms with Gasteiger partial charge in [-0.3, -0.25) is 14.6 Å². The van der Waals surface area contributed by atoms with E-state index in [1.807, 2.05) is 36.4 Å². The number of hydrogen-bond acceptors (Lipinski definition) is 5. The quantitative estimate of drug-likeness (QED) is 0.389. The number of aromatic amines is 2. The Kier molecular flexibility index (Phi) is 5.10. The molecule has 0 bridgehead atoms. The molecular weight excluding hydrogens is 416 g/mol. The lowest BCUT2D eigenvalue weighted by atomic mass is 10.1. The summed E-state index contributed by atoms with van der Waals surface area (Å²) in [5.41, 5.74) is 10.5. The summed E-state index contributed by atoms with van der Waals surface area (Å²) in [5.74, 6) is -0.107. The smallest absolute Gasteiger partial charge is 0.276 e. The topological polar surface area (TPSA) is 121 Å². The van der Waals surface area contributed by atoms with Crippen molar-refractivity contribution in [3.63, 3.8) is 0 Å². The molecule has 33 heavy (non-hydrogen) atoms. The van der Waals surface area contributed by atoms with Gasteiger partial charge in [0.25, 0.3) is 11.5 Å². The van der Waals surface area contributed by atoms with Crippen molar-refractivity contribution in [2.45, 2.75) is 6.42 Å². The third-order valence-electron chi connectivity index (χ3n) is 5.70. The van der Waals surface area contributed by atoms with E-state index in [0.717, 1.165) is 11.1 Å². The highest BCUT2D eigenvalue weighted by atomic mass is 16.2. The highest BCUT2D eigenvalue weighted by molar-refractivity contribution is 6.04. The number of carbonyl (C=O) groups excluding carboxylic acids is 1. The van der Waals surface area contributed by atoms with Crippen molar-refractivity contribution in [1.29, 1.82) is 0 Å². The number of benzene rings is 2. The van der Waals surface area contributed by atoms with Crippen LogP contribution in [0.5, 0.6) is 0 Å². The summed E-state index contributed by atoms with van der Waals surface area (Å²) in [4.78, 5) is 42.1. The van der Waals surface area contributed by atoms with Gasteiger partial charge in [0.2, 0.25) is 0 Å². The maximum atomic E-state index is 13.0. The van der Waals surface area contributed by atoms with E-state index in [2.05, 4.69) is 19.9 Å². The van der Waals surface area contributed by atoms with Crippen LogP contribution in [0.2, 0.25) is 0 Å². The second kappa shape index (κ2) is 8.23. The van der Waals surface area contributed by atoms with Crippen LogP contribution in [0.3, 0.4) is 0 Å². The minimum Gasteiger partial charge on any atom is -0.396 e. The van der Waals surface area contributed by atoms with E-state index in [9.17, 15) is 9.59 Å². The zero-order valence-corrected chi connectivity index (χ0v) is 18.0. The number of nitrogens with one attached hydrogen (secondary N) is 2. The van der Waals surface area contributed by atoms with Gasteiger partial charge < -0.3 is 20.6 Å². The fraction of sp³-hybridized carbons (Fsp3) is 0.120. The Labute approximate surface area is 189 Å². The van der Waals surface area contributed by atoms with Crippen LogP contribution in [0.1, 0.15) is 16.1 Å². The number of H-pyrrole nitrogens is 2. The number of fused-ring (bicyclic) bond motifs is 2. The van der Waals surface area contributed by atoms with Crippen molar-refractivity contribution in [1.82, 2.24) is 24.8 Å². The summed E-state index contributed by atoms with van der Waals surface area (Å²) in [6, 6.07) is 18.3. The molecule has 0 saturated heterocycles. The third kappa shape index (κ3) is 3.82. The fourth-order valence-corrected chi connectivity index (χ4v) is 3.89. The van der Waals surface area contributed by atoms with E-state index >= 15 is 0 Å². The second-order valence-corrected chi connectivity index (χ2v) is 7.90. The van der Waals surface area contributed by atoms with E-state index < -0.39 is 0 Å². The average Bonchev–Trinajstić information content (AvgIpc) is 3.17. The number of carbonyl (C=O) groups is 1. The first-order valence-electron chi connectivity index (χ1n) is 10.6. The molecule has 5 rings (SSSR count). The van der Waals surface area contributed by atoms with Gasteiger partial charge in [-0.15, -0.1) is 0 Å². The van der Waals surface area contributed by atoms with Crippen LogP contribution < -0.4 is 11.3 Å². The van der Waals surface area contributed by atoms with Gasteiger partial charge in [0.1, 0.15) is 0 Å². The minimum atomic E-state index is -0.336. The highest BCUT2D eigenvalue weighted by Gasteiger charge is 2.18. The summed E-state index contributed by atoms with van der Waals surface area (Å²) < 4.78 is 0. The van der Waals surface area contributed by atoms with Crippen LogP contribution in [-0.4, -0.2) is 44.3 Å². The molecule has 0 saturated carbocycles. The maximum absolute atomic E-state index is 13.0. The van der Waals surface area contributed by atoms with Crippen LogP contribution in [0.25, 0.3) is 33.3 Å². The van der Waals surface area contributed by atoms with E-state index in [1.54, 1.807) is 42.4 Å². The lowest BCUT2D eigenvalue weighted by Crippen LogP contribution is -2.29. The number of nitrogens with zero attached hydrogens (tertiary/aromatic N) is 3. The molecule has 0 unspecified atom stereocenters. The van der Waals surface area contributed by atoms with Gasteiger partial charge in [0, 0.05) is 48.4 Å². The predicted molar refractivity (Wildman–Crippen MR) is 129 cm³/mol. The number of amides is 1. The molecule has 0 radical (unpaired) electrons. The molecule has 0 aliphatic carbocycles. The van der Waals surface area contributed by atoms with Crippen LogP contribution in [0, 0.1) is 0 Å². The zero-order chi connectivity index (χ0) is 22.9. The van der Waals surface area contributed by atoms with Gasteiger partial charge in [0.15, 0.2) is 5.69 Å².